The van der Waals surface area contributed by atoms with Gasteiger partial charge in [-0.1, -0.05) is 11.6 Å². The topological polar surface area (TPSA) is 72.5 Å². The Hall–Kier alpha value is -3.02. The number of nitrogens with zero attached hydrogens (tertiary/aromatic N) is 1. The van der Waals surface area contributed by atoms with Crippen LogP contribution in [0.2, 0.25) is 0 Å². The Morgan fingerprint density at radius 2 is 2.04 bits per heavy atom. The number of aromatic nitrogens is 1. The van der Waals surface area contributed by atoms with E-state index in [4.69, 9.17) is 9.47 Å². The minimum absolute atomic E-state index is 0.151. The van der Waals surface area contributed by atoms with Crippen molar-refractivity contribution in [2.45, 2.75) is 32.1 Å². The first-order valence-electron chi connectivity index (χ1n) is 9.61. The quantitative estimate of drug-likeness (QED) is 0.661. The van der Waals surface area contributed by atoms with Crippen molar-refractivity contribution < 1.29 is 14.3 Å². The molecule has 3 rings (SSSR count). The van der Waals surface area contributed by atoms with Crippen LogP contribution in [0, 0.1) is 0 Å². The molecule has 2 N–H and O–H groups in total. The number of amides is 1. The molecule has 1 heterocycles. The van der Waals surface area contributed by atoms with Gasteiger partial charge in [-0.15, -0.1) is 0 Å². The van der Waals surface area contributed by atoms with E-state index in [1.54, 1.807) is 26.5 Å². The molecular weight excluding hydrogens is 354 g/mol. The average molecular weight is 381 g/mol. The number of rotatable bonds is 8. The normalized spacial score (nSPS) is 13.4. The number of allylic oxidation sites excluding steroid dienone is 1. The molecule has 148 valence electrons. The van der Waals surface area contributed by atoms with E-state index in [2.05, 4.69) is 21.7 Å². The molecule has 1 aromatic heterocycles. The van der Waals surface area contributed by atoms with Crippen LogP contribution < -0.4 is 20.1 Å². The lowest BCUT2D eigenvalue weighted by Crippen LogP contribution is -2.25. The molecule has 0 spiro atoms. The lowest BCUT2D eigenvalue weighted by Gasteiger charge is -2.13. The number of anilines is 2. The van der Waals surface area contributed by atoms with E-state index in [1.807, 2.05) is 24.3 Å². The highest BCUT2D eigenvalue weighted by molar-refractivity contribution is 5.92. The second kappa shape index (κ2) is 9.78. The number of carbonyl (C=O) groups excluding carboxylic acids is 1. The SMILES string of the molecule is COc1ccc(OC)c(Nc2ccc(C(=O)NCCC3=CCCCC3)nc2)c1. The van der Waals surface area contributed by atoms with E-state index >= 15 is 0 Å². The summed E-state index contributed by atoms with van der Waals surface area (Å²) < 4.78 is 10.6. The van der Waals surface area contributed by atoms with Gasteiger partial charge in [0.25, 0.3) is 5.91 Å². The van der Waals surface area contributed by atoms with Gasteiger partial charge in [-0.3, -0.25) is 4.79 Å². The summed E-state index contributed by atoms with van der Waals surface area (Å²) in [6.45, 7) is 0.646. The summed E-state index contributed by atoms with van der Waals surface area (Å²) in [5.41, 5.74) is 3.38. The van der Waals surface area contributed by atoms with E-state index < -0.39 is 0 Å². The molecule has 0 aliphatic heterocycles. The van der Waals surface area contributed by atoms with E-state index in [0.717, 1.165) is 36.4 Å². The van der Waals surface area contributed by atoms with Crippen LogP contribution in [0.15, 0.2) is 48.2 Å². The van der Waals surface area contributed by atoms with Crippen LogP contribution in [0.1, 0.15) is 42.6 Å². The number of methoxy groups -OCH3 is 2. The molecule has 1 aromatic carbocycles. The third kappa shape index (κ3) is 5.25. The molecular formula is C22H27N3O3. The largest absolute Gasteiger partial charge is 0.497 e. The number of carbonyl (C=O) groups is 1. The second-order valence-corrected chi connectivity index (χ2v) is 6.74. The van der Waals surface area contributed by atoms with Crippen molar-refractivity contribution >= 4 is 17.3 Å². The van der Waals surface area contributed by atoms with Gasteiger partial charge in [0.05, 0.1) is 31.8 Å². The van der Waals surface area contributed by atoms with Crippen LogP contribution >= 0.6 is 0 Å². The lowest BCUT2D eigenvalue weighted by atomic mass is 9.97. The summed E-state index contributed by atoms with van der Waals surface area (Å²) in [5, 5.41) is 6.19. The van der Waals surface area contributed by atoms with E-state index in [0.29, 0.717) is 18.0 Å². The number of nitrogens with one attached hydrogen (secondary N) is 2. The molecule has 0 saturated heterocycles. The van der Waals surface area contributed by atoms with Crippen molar-refractivity contribution in [3.8, 4) is 11.5 Å². The number of hydrogen-bond acceptors (Lipinski definition) is 5. The first kappa shape index (κ1) is 19.7. The van der Waals surface area contributed by atoms with Crippen LogP contribution in [0.5, 0.6) is 11.5 Å². The second-order valence-electron chi connectivity index (χ2n) is 6.74. The summed E-state index contributed by atoms with van der Waals surface area (Å²) in [7, 11) is 3.23. The fourth-order valence-corrected chi connectivity index (χ4v) is 3.23. The Kier molecular flexibility index (Phi) is 6.89. The van der Waals surface area contributed by atoms with Gasteiger partial charge in [0.1, 0.15) is 17.2 Å². The molecule has 0 atom stereocenters. The fourth-order valence-electron chi connectivity index (χ4n) is 3.23. The summed E-state index contributed by atoms with van der Waals surface area (Å²) in [6, 6.07) is 9.05. The standard InChI is InChI=1S/C22H27N3O3/c1-27-18-9-11-21(28-2)20(14-18)25-17-8-10-19(24-15-17)22(26)23-13-12-16-6-4-3-5-7-16/h6,8-11,14-15,25H,3-5,7,12-13H2,1-2H3,(H,23,26). The van der Waals surface area contributed by atoms with Gasteiger partial charge >= 0.3 is 0 Å². The van der Waals surface area contributed by atoms with Crippen molar-refractivity contribution in [1.82, 2.24) is 10.3 Å². The molecule has 1 aliphatic rings. The number of ether oxygens (including phenoxy) is 2. The van der Waals surface area contributed by atoms with Gasteiger partial charge in [0.2, 0.25) is 0 Å². The molecule has 6 nitrogen and oxygen atoms in total. The Bertz CT molecular complexity index is 831. The Morgan fingerprint density at radius 3 is 2.71 bits per heavy atom. The minimum atomic E-state index is -0.151. The van der Waals surface area contributed by atoms with Crippen molar-refractivity contribution in [2.24, 2.45) is 0 Å². The number of pyridine rings is 1. The van der Waals surface area contributed by atoms with Gasteiger partial charge in [0.15, 0.2) is 0 Å². The van der Waals surface area contributed by atoms with Crippen molar-refractivity contribution in [2.75, 3.05) is 26.1 Å². The maximum Gasteiger partial charge on any atom is 0.269 e. The third-order valence-corrected chi connectivity index (χ3v) is 4.80. The zero-order chi connectivity index (χ0) is 19.8. The average Bonchev–Trinajstić information content (AvgIpc) is 2.75. The van der Waals surface area contributed by atoms with Crippen LogP contribution in [-0.2, 0) is 0 Å². The summed E-state index contributed by atoms with van der Waals surface area (Å²) in [5.74, 6) is 1.27. The highest BCUT2D eigenvalue weighted by Crippen LogP contribution is 2.31. The minimum Gasteiger partial charge on any atom is -0.497 e. The van der Waals surface area contributed by atoms with Gasteiger partial charge in [0, 0.05) is 12.6 Å². The Labute approximate surface area is 166 Å². The van der Waals surface area contributed by atoms with Crippen LogP contribution in [0.4, 0.5) is 11.4 Å². The van der Waals surface area contributed by atoms with E-state index in [-0.39, 0.29) is 5.91 Å². The van der Waals surface area contributed by atoms with Crippen LogP contribution in [0.3, 0.4) is 0 Å². The molecule has 0 radical (unpaired) electrons. The summed E-state index contributed by atoms with van der Waals surface area (Å²) in [6.07, 6.45) is 9.72. The molecule has 0 fully saturated rings. The zero-order valence-corrected chi connectivity index (χ0v) is 16.5. The highest BCUT2D eigenvalue weighted by Gasteiger charge is 2.10. The molecule has 0 bridgehead atoms. The molecule has 28 heavy (non-hydrogen) atoms. The molecule has 1 aliphatic carbocycles. The maximum absolute atomic E-state index is 12.3. The summed E-state index contributed by atoms with van der Waals surface area (Å²) >= 11 is 0. The lowest BCUT2D eigenvalue weighted by molar-refractivity contribution is 0.0949. The van der Waals surface area contributed by atoms with E-state index in [1.165, 1.54) is 18.4 Å². The van der Waals surface area contributed by atoms with E-state index in [9.17, 15) is 4.79 Å². The van der Waals surface area contributed by atoms with Gasteiger partial charge in [-0.25, -0.2) is 4.98 Å². The van der Waals surface area contributed by atoms with Crippen molar-refractivity contribution in [3.05, 3.63) is 53.9 Å². The van der Waals surface area contributed by atoms with Gasteiger partial charge in [-0.05, 0) is 56.4 Å². The summed E-state index contributed by atoms with van der Waals surface area (Å²) in [4.78, 5) is 16.6. The Morgan fingerprint density at radius 1 is 1.14 bits per heavy atom. The maximum atomic E-state index is 12.3. The monoisotopic (exact) mass is 381 g/mol. The molecule has 6 heteroatoms. The van der Waals surface area contributed by atoms with Gasteiger partial charge < -0.3 is 20.1 Å². The predicted octanol–water partition coefficient (Wildman–Crippen LogP) is 4.46. The zero-order valence-electron chi connectivity index (χ0n) is 16.5. The van der Waals surface area contributed by atoms with Crippen molar-refractivity contribution in [1.29, 1.82) is 0 Å². The fraction of sp³-hybridized carbons (Fsp3) is 0.364. The van der Waals surface area contributed by atoms with Crippen LogP contribution in [0.25, 0.3) is 0 Å². The van der Waals surface area contributed by atoms with Crippen LogP contribution in [-0.4, -0.2) is 31.7 Å². The first-order valence-corrected chi connectivity index (χ1v) is 9.61. The highest BCUT2D eigenvalue weighted by atomic mass is 16.5. The van der Waals surface area contributed by atoms with Crippen molar-refractivity contribution in [3.63, 3.8) is 0 Å². The molecule has 0 unspecified atom stereocenters. The number of benzene rings is 1. The number of hydrogen-bond donors (Lipinski definition) is 2. The third-order valence-electron chi connectivity index (χ3n) is 4.80. The Balaban J connectivity index is 1.57. The first-order chi connectivity index (χ1) is 13.7. The van der Waals surface area contributed by atoms with Gasteiger partial charge in [-0.2, -0.15) is 0 Å². The molecule has 1 amide bonds. The molecule has 0 saturated carbocycles. The smallest absolute Gasteiger partial charge is 0.269 e. The molecule has 2 aromatic rings. The predicted molar refractivity (Wildman–Crippen MR) is 111 cm³/mol.